The summed E-state index contributed by atoms with van der Waals surface area (Å²) in [7, 11) is 0. The standard InChI is InChI=1S/C20H32N2O4/c1-2-25-9-10-26-13-18(23)21-11-15-8-7-14(21)12-22(15)20(24)19-16-5-3-4-6-17(16)19/h14-17,19H,2-13H2,1H3. The number of amides is 2. The Morgan fingerprint density at radius 3 is 2.12 bits per heavy atom. The van der Waals surface area contributed by atoms with Gasteiger partial charge in [-0.05, 0) is 44.4 Å². The summed E-state index contributed by atoms with van der Waals surface area (Å²) in [6, 6.07) is 0.384. The highest BCUT2D eigenvalue weighted by atomic mass is 16.5. The molecular weight excluding hydrogens is 332 g/mol. The molecule has 2 bridgehead atoms. The molecule has 5 rings (SSSR count). The largest absolute Gasteiger partial charge is 0.379 e. The molecule has 6 heteroatoms. The lowest BCUT2D eigenvalue weighted by atomic mass is 9.90. The summed E-state index contributed by atoms with van der Waals surface area (Å²) >= 11 is 0. The van der Waals surface area contributed by atoms with Gasteiger partial charge in [0.2, 0.25) is 11.8 Å². The zero-order chi connectivity index (χ0) is 18.1. The summed E-state index contributed by atoms with van der Waals surface area (Å²) in [5, 5.41) is 0. The minimum Gasteiger partial charge on any atom is -0.379 e. The van der Waals surface area contributed by atoms with Gasteiger partial charge in [0, 0.05) is 37.7 Å². The Bertz CT molecular complexity index is 528. The predicted octanol–water partition coefficient (Wildman–Crippen LogP) is 1.68. The maximum atomic E-state index is 13.0. The van der Waals surface area contributed by atoms with Crippen molar-refractivity contribution in [3.63, 3.8) is 0 Å². The Morgan fingerprint density at radius 1 is 0.885 bits per heavy atom. The van der Waals surface area contributed by atoms with Gasteiger partial charge in [0.1, 0.15) is 6.61 Å². The van der Waals surface area contributed by atoms with Gasteiger partial charge >= 0.3 is 0 Å². The number of ether oxygens (including phenoxy) is 2. The summed E-state index contributed by atoms with van der Waals surface area (Å²) in [5.41, 5.74) is 0. The predicted molar refractivity (Wildman–Crippen MR) is 96.5 cm³/mol. The Morgan fingerprint density at radius 2 is 1.50 bits per heavy atom. The van der Waals surface area contributed by atoms with Crippen molar-refractivity contribution < 1.29 is 19.1 Å². The highest BCUT2D eigenvalue weighted by Gasteiger charge is 2.57. The van der Waals surface area contributed by atoms with E-state index in [1.54, 1.807) is 0 Å². The highest BCUT2D eigenvalue weighted by Crippen LogP contribution is 2.56. The molecule has 0 N–H and O–H groups in total. The molecule has 2 saturated carbocycles. The lowest BCUT2D eigenvalue weighted by molar-refractivity contribution is -0.156. The molecule has 3 aliphatic heterocycles. The molecule has 5 aliphatic rings. The number of nitrogens with zero attached hydrogens (tertiary/aromatic N) is 2. The lowest BCUT2D eigenvalue weighted by Crippen LogP contribution is -2.65. The topological polar surface area (TPSA) is 59.1 Å². The Hall–Kier alpha value is -1.14. The van der Waals surface area contributed by atoms with E-state index in [4.69, 9.17) is 9.47 Å². The fraction of sp³-hybridized carbons (Fsp3) is 0.900. The van der Waals surface area contributed by atoms with Crippen LogP contribution < -0.4 is 0 Å². The first-order chi connectivity index (χ1) is 12.7. The third-order valence-corrected chi connectivity index (χ3v) is 6.88. The molecule has 6 nitrogen and oxygen atoms in total. The monoisotopic (exact) mass is 364 g/mol. The number of piperazine rings is 1. The van der Waals surface area contributed by atoms with Gasteiger partial charge in [-0.1, -0.05) is 12.8 Å². The van der Waals surface area contributed by atoms with E-state index in [1.165, 1.54) is 25.7 Å². The third-order valence-electron chi connectivity index (χ3n) is 6.88. The molecule has 26 heavy (non-hydrogen) atoms. The molecule has 0 radical (unpaired) electrons. The van der Waals surface area contributed by atoms with Crippen LogP contribution in [0, 0.1) is 17.8 Å². The number of fused-ring (bicyclic) bond motifs is 4. The van der Waals surface area contributed by atoms with Crippen molar-refractivity contribution in [3.8, 4) is 0 Å². The van der Waals surface area contributed by atoms with Crippen LogP contribution in [0.4, 0.5) is 0 Å². The normalized spacial score (nSPS) is 35.3. The maximum absolute atomic E-state index is 13.0. The van der Waals surface area contributed by atoms with Crippen LogP contribution in [0.15, 0.2) is 0 Å². The van der Waals surface area contributed by atoms with Gasteiger partial charge in [-0.15, -0.1) is 0 Å². The van der Waals surface area contributed by atoms with Crippen molar-refractivity contribution in [3.05, 3.63) is 0 Å². The minimum atomic E-state index is 0.0587. The molecule has 0 aromatic rings. The fourth-order valence-electron chi connectivity index (χ4n) is 5.46. The lowest BCUT2D eigenvalue weighted by Gasteiger charge is -2.51. The molecule has 2 aliphatic carbocycles. The van der Waals surface area contributed by atoms with Gasteiger partial charge in [0.25, 0.3) is 0 Å². The molecule has 0 aromatic heterocycles. The van der Waals surface area contributed by atoms with Crippen molar-refractivity contribution in [2.24, 2.45) is 17.8 Å². The zero-order valence-electron chi connectivity index (χ0n) is 15.9. The van der Waals surface area contributed by atoms with E-state index in [2.05, 4.69) is 4.90 Å². The Kier molecular flexibility index (Phi) is 5.50. The van der Waals surface area contributed by atoms with E-state index < -0.39 is 0 Å². The second kappa shape index (κ2) is 7.85. The number of hydrogen-bond donors (Lipinski definition) is 0. The fourth-order valence-corrected chi connectivity index (χ4v) is 5.46. The summed E-state index contributed by atoms with van der Waals surface area (Å²) < 4.78 is 10.7. The zero-order valence-corrected chi connectivity index (χ0v) is 15.9. The van der Waals surface area contributed by atoms with Crippen LogP contribution in [0.25, 0.3) is 0 Å². The van der Waals surface area contributed by atoms with E-state index in [1.807, 2.05) is 11.8 Å². The molecule has 4 unspecified atom stereocenters. The molecule has 3 saturated heterocycles. The molecule has 146 valence electrons. The first-order valence-electron chi connectivity index (χ1n) is 10.5. The van der Waals surface area contributed by atoms with Crippen LogP contribution in [0.1, 0.15) is 45.4 Å². The summed E-state index contributed by atoms with van der Waals surface area (Å²) in [5.74, 6) is 2.06. The number of rotatable bonds is 7. The molecule has 3 heterocycles. The van der Waals surface area contributed by atoms with Crippen molar-refractivity contribution >= 4 is 11.8 Å². The summed E-state index contributed by atoms with van der Waals surface area (Å²) in [4.78, 5) is 29.6. The molecule has 0 spiro atoms. The first-order valence-corrected chi connectivity index (χ1v) is 10.5. The summed E-state index contributed by atoms with van der Waals surface area (Å²) in [6.45, 7) is 5.13. The van der Waals surface area contributed by atoms with Crippen molar-refractivity contribution in [1.82, 2.24) is 9.80 Å². The van der Waals surface area contributed by atoms with Crippen LogP contribution in [0.3, 0.4) is 0 Å². The highest BCUT2D eigenvalue weighted by molar-refractivity contribution is 5.84. The van der Waals surface area contributed by atoms with Crippen LogP contribution in [0.5, 0.6) is 0 Å². The average Bonchev–Trinajstić information content (AvgIpc) is 3.41. The molecule has 2 amide bonds. The smallest absolute Gasteiger partial charge is 0.248 e. The van der Waals surface area contributed by atoms with Gasteiger partial charge in [-0.2, -0.15) is 0 Å². The first kappa shape index (κ1) is 18.2. The van der Waals surface area contributed by atoms with Crippen LogP contribution in [0.2, 0.25) is 0 Å². The van der Waals surface area contributed by atoms with E-state index in [0.29, 0.717) is 50.0 Å². The SMILES string of the molecule is CCOCCOCC(=O)N1CC2CCC1CN2C(=O)C1C2CCCCC21. The second-order valence-corrected chi connectivity index (χ2v) is 8.31. The second-order valence-electron chi connectivity index (χ2n) is 8.31. The number of hydrogen-bond acceptors (Lipinski definition) is 4. The van der Waals surface area contributed by atoms with Gasteiger partial charge in [0.05, 0.1) is 13.2 Å². The molecule has 0 aromatic carbocycles. The molecular formula is C20H32N2O4. The van der Waals surface area contributed by atoms with Gasteiger partial charge < -0.3 is 19.3 Å². The number of carbonyl (C=O) groups excluding carboxylic acids is 2. The van der Waals surface area contributed by atoms with E-state index in [0.717, 1.165) is 19.4 Å². The van der Waals surface area contributed by atoms with Crippen LogP contribution in [-0.2, 0) is 19.1 Å². The van der Waals surface area contributed by atoms with Crippen molar-refractivity contribution in [2.75, 3.05) is 39.5 Å². The van der Waals surface area contributed by atoms with Crippen LogP contribution in [-0.4, -0.2) is 73.2 Å². The minimum absolute atomic E-state index is 0.0587. The molecule has 5 fully saturated rings. The number of carbonyl (C=O) groups is 2. The molecule has 4 atom stereocenters. The van der Waals surface area contributed by atoms with E-state index in [9.17, 15) is 9.59 Å². The van der Waals surface area contributed by atoms with Gasteiger partial charge in [-0.25, -0.2) is 0 Å². The van der Waals surface area contributed by atoms with E-state index >= 15 is 0 Å². The van der Waals surface area contributed by atoms with Gasteiger partial charge in [-0.3, -0.25) is 9.59 Å². The maximum Gasteiger partial charge on any atom is 0.248 e. The van der Waals surface area contributed by atoms with E-state index in [-0.39, 0.29) is 24.6 Å². The van der Waals surface area contributed by atoms with Crippen molar-refractivity contribution in [1.29, 1.82) is 0 Å². The summed E-state index contributed by atoms with van der Waals surface area (Å²) in [6.07, 6.45) is 7.12. The quantitative estimate of drug-likeness (QED) is 0.645. The Labute approximate surface area is 156 Å². The van der Waals surface area contributed by atoms with Crippen molar-refractivity contribution in [2.45, 2.75) is 57.5 Å². The third kappa shape index (κ3) is 3.50. The van der Waals surface area contributed by atoms with Gasteiger partial charge in [0.15, 0.2) is 0 Å². The van der Waals surface area contributed by atoms with Crippen LogP contribution >= 0.6 is 0 Å². The average molecular weight is 364 g/mol. The number of piperidine rings is 2. The Balaban J connectivity index is 1.27.